The number of unbranched alkanes of at least 4 members (excludes halogenated alkanes) is 1. The zero-order chi connectivity index (χ0) is 13.7. The molecule has 4 nitrogen and oxygen atoms in total. The first kappa shape index (κ1) is 14.0. The minimum atomic E-state index is -0.251. The molecule has 0 bridgehead atoms. The van der Waals surface area contributed by atoms with Gasteiger partial charge in [0.25, 0.3) is 0 Å². The number of nitrogens with one attached hydrogen (secondary N) is 1. The van der Waals surface area contributed by atoms with E-state index in [9.17, 15) is 4.79 Å². The number of hydrogen-bond acceptors (Lipinski definition) is 3. The van der Waals surface area contributed by atoms with Crippen molar-refractivity contribution in [3.63, 3.8) is 0 Å². The van der Waals surface area contributed by atoms with Gasteiger partial charge in [0.05, 0.1) is 6.54 Å². The van der Waals surface area contributed by atoms with Crippen LogP contribution >= 0.6 is 0 Å². The summed E-state index contributed by atoms with van der Waals surface area (Å²) in [4.78, 5) is 13.5. The number of amides is 1. The maximum absolute atomic E-state index is 11.3. The second-order valence-corrected chi connectivity index (χ2v) is 5.14. The van der Waals surface area contributed by atoms with Crippen LogP contribution in [-0.4, -0.2) is 30.4 Å². The normalized spacial score (nSPS) is 18.3. The highest BCUT2D eigenvalue weighted by atomic mass is 16.1. The first-order valence-corrected chi connectivity index (χ1v) is 7.03. The number of carbonyl (C=O) groups is 1. The number of carbonyl (C=O) groups excluding carboxylic acids is 1. The van der Waals surface area contributed by atoms with Crippen LogP contribution in [0.25, 0.3) is 0 Å². The van der Waals surface area contributed by atoms with Crippen molar-refractivity contribution in [2.75, 3.05) is 19.6 Å². The van der Waals surface area contributed by atoms with Gasteiger partial charge in [-0.15, -0.1) is 0 Å². The highest BCUT2D eigenvalue weighted by molar-refractivity contribution is 5.76. The molecule has 0 fully saturated rings. The van der Waals surface area contributed by atoms with E-state index in [4.69, 9.17) is 5.73 Å². The number of primary amides is 1. The lowest BCUT2D eigenvalue weighted by atomic mass is 9.95. The van der Waals surface area contributed by atoms with E-state index in [1.54, 1.807) is 0 Å². The molecule has 1 aliphatic rings. The van der Waals surface area contributed by atoms with Gasteiger partial charge in [-0.3, -0.25) is 9.69 Å². The average molecular weight is 261 g/mol. The minimum Gasteiger partial charge on any atom is -0.369 e. The Morgan fingerprint density at radius 2 is 2.26 bits per heavy atom. The maximum Gasteiger partial charge on any atom is 0.231 e. The Labute approximate surface area is 115 Å². The van der Waals surface area contributed by atoms with Crippen LogP contribution in [0.1, 0.15) is 36.9 Å². The van der Waals surface area contributed by atoms with E-state index in [-0.39, 0.29) is 11.9 Å². The Morgan fingerprint density at radius 3 is 3.00 bits per heavy atom. The standard InChI is InChI=1S/C15H23N3O/c1-2-3-8-18(11-15(16)19)14-10-17-9-12-6-4-5-7-13(12)14/h4-7,14,17H,2-3,8-11H2,1H3,(H2,16,19). The summed E-state index contributed by atoms with van der Waals surface area (Å²) in [6, 6.07) is 8.70. The number of nitrogens with two attached hydrogens (primary N) is 1. The number of rotatable bonds is 6. The third-order valence-electron chi connectivity index (χ3n) is 3.67. The summed E-state index contributed by atoms with van der Waals surface area (Å²) in [5, 5.41) is 3.43. The summed E-state index contributed by atoms with van der Waals surface area (Å²) in [6.45, 7) is 5.20. The molecule has 0 aromatic heterocycles. The molecule has 1 aromatic rings. The topological polar surface area (TPSA) is 58.4 Å². The molecule has 3 N–H and O–H groups in total. The molecule has 19 heavy (non-hydrogen) atoms. The second kappa shape index (κ2) is 6.68. The van der Waals surface area contributed by atoms with Crippen molar-refractivity contribution in [3.8, 4) is 0 Å². The maximum atomic E-state index is 11.3. The first-order valence-electron chi connectivity index (χ1n) is 7.03. The van der Waals surface area contributed by atoms with Crippen molar-refractivity contribution < 1.29 is 4.79 Å². The van der Waals surface area contributed by atoms with Gasteiger partial charge in [-0.25, -0.2) is 0 Å². The van der Waals surface area contributed by atoms with Crippen molar-refractivity contribution in [1.82, 2.24) is 10.2 Å². The number of hydrogen-bond donors (Lipinski definition) is 2. The van der Waals surface area contributed by atoms with Crippen LogP contribution in [0.15, 0.2) is 24.3 Å². The fraction of sp³-hybridized carbons (Fsp3) is 0.533. The smallest absolute Gasteiger partial charge is 0.231 e. The van der Waals surface area contributed by atoms with Crippen LogP contribution in [0.5, 0.6) is 0 Å². The Hall–Kier alpha value is -1.39. The number of fused-ring (bicyclic) bond motifs is 1. The third kappa shape index (κ3) is 3.55. The van der Waals surface area contributed by atoms with Crippen LogP contribution in [0.2, 0.25) is 0 Å². The Morgan fingerprint density at radius 1 is 1.47 bits per heavy atom. The first-order chi connectivity index (χ1) is 9.22. The summed E-state index contributed by atoms with van der Waals surface area (Å²) in [5.74, 6) is -0.251. The summed E-state index contributed by atoms with van der Waals surface area (Å²) in [5.41, 5.74) is 8.05. The van der Waals surface area contributed by atoms with Crippen molar-refractivity contribution in [2.24, 2.45) is 5.73 Å². The monoisotopic (exact) mass is 261 g/mol. The predicted molar refractivity (Wildman–Crippen MR) is 76.6 cm³/mol. The summed E-state index contributed by atoms with van der Waals surface area (Å²) in [6.07, 6.45) is 2.21. The zero-order valence-electron chi connectivity index (χ0n) is 11.6. The van der Waals surface area contributed by atoms with Crippen LogP contribution in [0, 0.1) is 0 Å². The zero-order valence-corrected chi connectivity index (χ0v) is 11.6. The molecule has 0 saturated heterocycles. The lowest BCUT2D eigenvalue weighted by molar-refractivity contribution is -0.119. The molecule has 1 aliphatic heterocycles. The molecule has 2 rings (SSSR count). The molecule has 0 radical (unpaired) electrons. The van der Waals surface area contributed by atoms with E-state index in [1.165, 1.54) is 11.1 Å². The van der Waals surface area contributed by atoms with E-state index in [0.717, 1.165) is 32.5 Å². The van der Waals surface area contributed by atoms with Gasteiger partial charge >= 0.3 is 0 Å². The van der Waals surface area contributed by atoms with Crippen molar-refractivity contribution in [3.05, 3.63) is 35.4 Å². The largest absolute Gasteiger partial charge is 0.369 e. The van der Waals surface area contributed by atoms with Crippen LogP contribution in [-0.2, 0) is 11.3 Å². The Balaban J connectivity index is 2.19. The molecule has 4 heteroatoms. The molecule has 0 saturated carbocycles. The van der Waals surface area contributed by atoms with Gasteiger partial charge in [0.15, 0.2) is 0 Å². The van der Waals surface area contributed by atoms with Crippen LogP contribution < -0.4 is 11.1 Å². The van der Waals surface area contributed by atoms with E-state index < -0.39 is 0 Å². The van der Waals surface area contributed by atoms with Crippen LogP contribution in [0.4, 0.5) is 0 Å². The van der Waals surface area contributed by atoms with Crippen molar-refractivity contribution in [2.45, 2.75) is 32.4 Å². The predicted octanol–water partition coefficient (Wildman–Crippen LogP) is 1.42. The van der Waals surface area contributed by atoms with Crippen LogP contribution in [0.3, 0.4) is 0 Å². The molecule has 1 heterocycles. The van der Waals surface area contributed by atoms with Gasteiger partial charge in [0.2, 0.25) is 5.91 Å². The molecule has 1 amide bonds. The SMILES string of the molecule is CCCCN(CC(N)=O)C1CNCc2ccccc21. The Kier molecular flexibility index (Phi) is 4.93. The Bertz CT molecular complexity index is 433. The van der Waals surface area contributed by atoms with Gasteiger partial charge in [-0.2, -0.15) is 0 Å². The molecule has 1 aromatic carbocycles. The molecule has 104 valence electrons. The highest BCUT2D eigenvalue weighted by Crippen LogP contribution is 2.27. The number of benzene rings is 1. The average Bonchev–Trinajstić information content (AvgIpc) is 2.42. The van der Waals surface area contributed by atoms with Gasteiger partial charge in [-0.1, -0.05) is 37.6 Å². The molecule has 0 spiro atoms. The van der Waals surface area contributed by atoms with E-state index in [2.05, 4.69) is 41.4 Å². The van der Waals surface area contributed by atoms with Crippen molar-refractivity contribution >= 4 is 5.91 Å². The lowest BCUT2D eigenvalue weighted by Crippen LogP contribution is -2.43. The summed E-state index contributed by atoms with van der Waals surface area (Å²) < 4.78 is 0. The molecule has 1 unspecified atom stereocenters. The van der Waals surface area contributed by atoms with Gasteiger partial charge in [0, 0.05) is 19.1 Å². The van der Waals surface area contributed by atoms with Crippen molar-refractivity contribution in [1.29, 1.82) is 0 Å². The molecule has 1 atom stereocenters. The quantitative estimate of drug-likeness (QED) is 0.814. The van der Waals surface area contributed by atoms with Gasteiger partial charge in [-0.05, 0) is 24.1 Å². The van der Waals surface area contributed by atoms with E-state index in [1.807, 2.05) is 0 Å². The summed E-state index contributed by atoms with van der Waals surface area (Å²) >= 11 is 0. The summed E-state index contributed by atoms with van der Waals surface area (Å²) in [7, 11) is 0. The lowest BCUT2D eigenvalue weighted by Gasteiger charge is -2.35. The third-order valence-corrected chi connectivity index (χ3v) is 3.67. The van der Waals surface area contributed by atoms with Gasteiger partial charge in [0.1, 0.15) is 0 Å². The number of nitrogens with zero attached hydrogens (tertiary/aromatic N) is 1. The highest BCUT2D eigenvalue weighted by Gasteiger charge is 2.25. The molecular weight excluding hydrogens is 238 g/mol. The van der Waals surface area contributed by atoms with E-state index in [0.29, 0.717) is 6.54 Å². The van der Waals surface area contributed by atoms with Gasteiger partial charge < -0.3 is 11.1 Å². The van der Waals surface area contributed by atoms with E-state index >= 15 is 0 Å². The second-order valence-electron chi connectivity index (χ2n) is 5.14. The minimum absolute atomic E-state index is 0.251. The molecular formula is C15H23N3O. The fourth-order valence-corrected chi connectivity index (χ4v) is 2.71. The fourth-order valence-electron chi connectivity index (χ4n) is 2.71. The molecule has 0 aliphatic carbocycles.